The summed E-state index contributed by atoms with van der Waals surface area (Å²) in [5.74, 6) is 0.555. The second kappa shape index (κ2) is 4.37. The number of aromatic amines is 1. The lowest BCUT2D eigenvalue weighted by atomic mass is 10.3. The van der Waals surface area contributed by atoms with Crippen LogP contribution >= 0.6 is 0 Å². The summed E-state index contributed by atoms with van der Waals surface area (Å²) in [7, 11) is 0. The summed E-state index contributed by atoms with van der Waals surface area (Å²) in [6, 6.07) is 11.0. The molecular formula is C13H11N3O2. The number of oxazole rings is 1. The van der Waals surface area contributed by atoms with Crippen LogP contribution in [-0.2, 0) is 6.54 Å². The maximum atomic E-state index is 11.4. The van der Waals surface area contributed by atoms with E-state index in [0.29, 0.717) is 18.1 Å². The van der Waals surface area contributed by atoms with Crippen LogP contribution in [0.2, 0.25) is 0 Å². The van der Waals surface area contributed by atoms with Crippen molar-refractivity contribution in [3.8, 4) is 0 Å². The molecule has 0 saturated heterocycles. The molecule has 5 nitrogen and oxygen atoms in total. The van der Waals surface area contributed by atoms with Crippen molar-refractivity contribution >= 4 is 16.8 Å². The van der Waals surface area contributed by atoms with E-state index in [-0.39, 0.29) is 5.56 Å². The molecule has 2 N–H and O–H groups in total. The Hall–Kier alpha value is -2.56. The maximum Gasteiger partial charge on any atom is 0.271 e. The fourth-order valence-corrected chi connectivity index (χ4v) is 1.73. The number of hydrogen-bond acceptors (Lipinski definition) is 4. The standard InChI is InChI=1S/C13H11N3O2/c17-13-10(5-3-7-14-13)15-8-12-16-9-4-1-2-6-11(9)18-12/h1-7,15H,8H2,(H,14,17). The van der Waals surface area contributed by atoms with E-state index in [1.807, 2.05) is 24.3 Å². The van der Waals surface area contributed by atoms with Crippen LogP contribution in [0.15, 0.2) is 51.8 Å². The number of benzene rings is 1. The third kappa shape index (κ3) is 1.98. The Morgan fingerprint density at radius 3 is 2.94 bits per heavy atom. The Labute approximate surface area is 102 Å². The highest BCUT2D eigenvalue weighted by molar-refractivity contribution is 5.72. The SMILES string of the molecule is O=c1[nH]cccc1NCc1nc2ccccc2o1. The lowest BCUT2D eigenvalue weighted by Gasteiger charge is -2.00. The average Bonchev–Trinajstić information content (AvgIpc) is 2.80. The van der Waals surface area contributed by atoms with E-state index >= 15 is 0 Å². The smallest absolute Gasteiger partial charge is 0.271 e. The molecule has 90 valence electrons. The number of rotatable bonds is 3. The van der Waals surface area contributed by atoms with Gasteiger partial charge in [0.25, 0.3) is 5.56 Å². The average molecular weight is 241 g/mol. The minimum absolute atomic E-state index is 0.159. The molecule has 0 fully saturated rings. The molecule has 1 aromatic carbocycles. The van der Waals surface area contributed by atoms with Gasteiger partial charge < -0.3 is 14.7 Å². The van der Waals surface area contributed by atoms with Gasteiger partial charge in [-0.15, -0.1) is 0 Å². The fraction of sp³-hybridized carbons (Fsp3) is 0.0769. The Kier molecular flexibility index (Phi) is 2.57. The van der Waals surface area contributed by atoms with Crippen LogP contribution in [0.1, 0.15) is 5.89 Å². The van der Waals surface area contributed by atoms with E-state index in [2.05, 4.69) is 15.3 Å². The van der Waals surface area contributed by atoms with E-state index in [1.165, 1.54) is 0 Å². The summed E-state index contributed by atoms with van der Waals surface area (Å²) in [6.45, 7) is 0.377. The number of nitrogens with zero attached hydrogens (tertiary/aromatic N) is 1. The molecule has 0 aliphatic heterocycles. The number of aromatic nitrogens is 2. The van der Waals surface area contributed by atoms with Crippen molar-refractivity contribution in [2.45, 2.75) is 6.54 Å². The zero-order chi connectivity index (χ0) is 12.4. The Bertz CT molecular complexity index is 697. The molecule has 5 heteroatoms. The van der Waals surface area contributed by atoms with Gasteiger partial charge in [0.1, 0.15) is 11.2 Å². The Balaban J connectivity index is 1.81. The van der Waals surface area contributed by atoms with Crippen molar-refractivity contribution in [3.05, 3.63) is 58.8 Å². The van der Waals surface area contributed by atoms with Gasteiger partial charge in [-0.25, -0.2) is 4.98 Å². The van der Waals surface area contributed by atoms with Crippen LogP contribution < -0.4 is 10.9 Å². The van der Waals surface area contributed by atoms with E-state index in [4.69, 9.17) is 4.42 Å². The summed E-state index contributed by atoms with van der Waals surface area (Å²) < 4.78 is 5.54. The maximum absolute atomic E-state index is 11.4. The van der Waals surface area contributed by atoms with Crippen molar-refractivity contribution < 1.29 is 4.42 Å². The highest BCUT2D eigenvalue weighted by Gasteiger charge is 2.05. The molecule has 2 heterocycles. The summed E-state index contributed by atoms with van der Waals surface area (Å²) in [6.07, 6.45) is 1.59. The van der Waals surface area contributed by atoms with Gasteiger partial charge in [0.15, 0.2) is 5.58 Å². The van der Waals surface area contributed by atoms with Crippen molar-refractivity contribution in [2.24, 2.45) is 0 Å². The monoisotopic (exact) mass is 241 g/mol. The molecule has 3 aromatic rings. The largest absolute Gasteiger partial charge is 0.439 e. The van der Waals surface area contributed by atoms with Crippen LogP contribution in [0.4, 0.5) is 5.69 Å². The molecule has 3 rings (SSSR count). The Morgan fingerprint density at radius 1 is 1.22 bits per heavy atom. The van der Waals surface area contributed by atoms with Crippen LogP contribution in [0.25, 0.3) is 11.1 Å². The molecule has 0 spiro atoms. The lowest BCUT2D eigenvalue weighted by Crippen LogP contribution is -2.12. The molecule has 2 aromatic heterocycles. The van der Waals surface area contributed by atoms with Crippen molar-refractivity contribution in [2.75, 3.05) is 5.32 Å². The number of pyridine rings is 1. The van der Waals surface area contributed by atoms with Crippen LogP contribution in [0.3, 0.4) is 0 Å². The van der Waals surface area contributed by atoms with Gasteiger partial charge in [-0.05, 0) is 24.3 Å². The van der Waals surface area contributed by atoms with Gasteiger partial charge in [0.05, 0.1) is 6.54 Å². The molecule has 0 saturated carbocycles. The second-order valence-electron chi connectivity index (χ2n) is 3.84. The normalized spacial score (nSPS) is 10.7. The van der Waals surface area contributed by atoms with Crippen LogP contribution in [0.5, 0.6) is 0 Å². The molecule has 0 atom stereocenters. The molecule has 0 amide bonds. The number of hydrogen-bond donors (Lipinski definition) is 2. The van der Waals surface area contributed by atoms with Gasteiger partial charge in [-0.3, -0.25) is 4.79 Å². The minimum Gasteiger partial charge on any atom is -0.439 e. The van der Waals surface area contributed by atoms with Gasteiger partial charge in [-0.1, -0.05) is 12.1 Å². The second-order valence-corrected chi connectivity index (χ2v) is 3.84. The number of anilines is 1. The third-order valence-corrected chi connectivity index (χ3v) is 2.59. The molecular weight excluding hydrogens is 230 g/mol. The fourth-order valence-electron chi connectivity index (χ4n) is 1.73. The summed E-state index contributed by atoms with van der Waals surface area (Å²) in [4.78, 5) is 18.4. The number of nitrogens with one attached hydrogen (secondary N) is 2. The van der Waals surface area contributed by atoms with E-state index in [9.17, 15) is 4.79 Å². The number of fused-ring (bicyclic) bond motifs is 1. The summed E-state index contributed by atoms with van der Waals surface area (Å²) in [5, 5.41) is 2.99. The third-order valence-electron chi connectivity index (χ3n) is 2.59. The van der Waals surface area contributed by atoms with Crippen LogP contribution in [0, 0.1) is 0 Å². The topological polar surface area (TPSA) is 70.9 Å². The van der Waals surface area contributed by atoms with Gasteiger partial charge in [0.2, 0.25) is 5.89 Å². The highest BCUT2D eigenvalue weighted by Crippen LogP contribution is 2.15. The number of para-hydroxylation sites is 2. The van der Waals surface area contributed by atoms with E-state index < -0.39 is 0 Å². The molecule has 0 bridgehead atoms. The molecule has 0 aliphatic carbocycles. The first-order valence-corrected chi connectivity index (χ1v) is 5.59. The first-order chi connectivity index (χ1) is 8.83. The van der Waals surface area contributed by atoms with E-state index in [1.54, 1.807) is 18.3 Å². The minimum atomic E-state index is -0.159. The van der Waals surface area contributed by atoms with Gasteiger partial charge >= 0.3 is 0 Å². The quantitative estimate of drug-likeness (QED) is 0.736. The van der Waals surface area contributed by atoms with Gasteiger partial charge in [-0.2, -0.15) is 0 Å². The summed E-state index contributed by atoms with van der Waals surface area (Å²) in [5.41, 5.74) is 1.90. The van der Waals surface area contributed by atoms with Crippen LogP contribution in [-0.4, -0.2) is 9.97 Å². The summed E-state index contributed by atoms with van der Waals surface area (Å²) >= 11 is 0. The molecule has 0 aliphatic rings. The van der Waals surface area contributed by atoms with Crippen molar-refractivity contribution in [1.29, 1.82) is 0 Å². The predicted octanol–water partition coefficient (Wildman–Crippen LogP) is 2.13. The highest BCUT2D eigenvalue weighted by atomic mass is 16.3. The van der Waals surface area contributed by atoms with E-state index in [0.717, 1.165) is 11.1 Å². The van der Waals surface area contributed by atoms with Crippen molar-refractivity contribution in [3.63, 3.8) is 0 Å². The lowest BCUT2D eigenvalue weighted by molar-refractivity contribution is 0.540. The zero-order valence-corrected chi connectivity index (χ0v) is 9.51. The zero-order valence-electron chi connectivity index (χ0n) is 9.51. The molecule has 0 radical (unpaired) electrons. The molecule has 18 heavy (non-hydrogen) atoms. The first-order valence-electron chi connectivity index (χ1n) is 5.59. The van der Waals surface area contributed by atoms with Gasteiger partial charge in [0, 0.05) is 6.20 Å². The number of H-pyrrole nitrogens is 1. The predicted molar refractivity (Wildman–Crippen MR) is 68.4 cm³/mol. The molecule has 0 unspecified atom stereocenters. The van der Waals surface area contributed by atoms with Crippen molar-refractivity contribution in [1.82, 2.24) is 9.97 Å². The Morgan fingerprint density at radius 2 is 2.11 bits per heavy atom. The first kappa shape index (κ1) is 10.6.